The lowest BCUT2D eigenvalue weighted by atomic mass is 10.1. The van der Waals surface area contributed by atoms with Gasteiger partial charge in [0.25, 0.3) is 0 Å². The molecular formula is C15H12Cl3O. The standard InChI is InChI=1S/C15H12Cl3O/c1-10(14-7-6-13(17)8-15(14)18)19-9-11-2-4-12(16)5-3-11/h2-8,10H,1,9H2. The fourth-order valence-electron chi connectivity index (χ4n) is 1.63. The Balaban J connectivity index is 2.01. The molecule has 0 spiro atoms. The average Bonchev–Trinajstić information content (AvgIpc) is 2.37. The molecule has 0 fully saturated rings. The summed E-state index contributed by atoms with van der Waals surface area (Å²) in [6.07, 6.45) is -0.347. The van der Waals surface area contributed by atoms with E-state index in [1.165, 1.54) is 0 Å². The van der Waals surface area contributed by atoms with Crippen molar-refractivity contribution in [3.05, 3.63) is 75.6 Å². The minimum absolute atomic E-state index is 0.347. The maximum Gasteiger partial charge on any atom is 0.0845 e. The molecule has 0 heterocycles. The zero-order valence-corrected chi connectivity index (χ0v) is 12.3. The number of ether oxygens (including phenoxy) is 1. The summed E-state index contributed by atoms with van der Waals surface area (Å²) in [5.74, 6) is 0. The van der Waals surface area contributed by atoms with E-state index in [4.69, 9.17) is 39.5 Å². The van der Waals surface area contributed by atoms with Crippen molar-refractivity contribution in [2.75, 3.05) is 0 Å². The Labute approximate surface area is 128 Å². The first kappa shape index (κ1) is 14.7. The van der Waals surface area contributed by atoms with Crippen LogP contribution in [-0.2, 0) is 11.3 Å². The van der Waals surface area contributed by atoms with Crippen molar-refractivity contribution >= 4 is 34.8 Å². The largest absolute Gasteiger partial charge is 0.369 e. The van der Waals surface area contributed by atoms with Gasteiger partial charge in [0.2, 0.25) is 0 Å². The van der Waals surface area contributed by atoms with Gasteiger partial charge in [-0.2, -0.15) is 0 Å². The Kier molecular flexibility index (Phi) is 5.12. The molecule has 0 aliphatic rings. The van der Waals surface area contributed by atoms with Crippen LogP contribution in [-0.4, -0.2) is 0 Å². The summed E-state index contributed by atoms with van der Waals surface area (Å²) in [5.41, 5.74) is 1.85. The second-order valence-corrected chi connectivity index (χ2v) is 5.37. The minimum Gasteiger partial charge on any atom is -0.369 e. The van der Waals surface area contributed by atoms with Gasteiger partial charge in [-0.25, -0.2) is 0 Å². The molecule has 1 unspecified atom stereocenters. The van der Waals surface area contributed by atoms with E-state index in [2.05, 4.69) is 6.92 Å². The third-order valence-corrected chi connectivity index (χ3v) is 3.49. The van der Waals surface area contributed by atoms with E-state index in [9.17, 15) is 0 Å². The fourth-order valence-corrected chi connectivity index (χ4v) is 2.29. The molecule has 0 aliphatic carbocycles. The Morgan fingerprint density at radius 3 is 2.21 bits per heavy atom. The lowest BCUT2D eigenvalue weighted by molar-refractivity contribution is 0.0700. The molecule has 0 bridgehead atoms. The molecule has 0 N–H and O–H groups in total. The maximum atomic E-state index is 6.11. The zero-order valence-electron chi connectivity index (χ0n) is 10.1. The summed E-state index contributed by atoms with van der Waals surface area (Å²) in [5, 5.41) is 1.86. The molecule has 1 atom stereocenters. The van der Waals surface area contributed by atoms with Gasteiger partial charge in [0.15, 0.2) is 0 Å². The number of benzene rings is 2. The summed E-state index contributed by atoms with van der Waals surface area (Å²) < 4.78 is 5.69. The van der Waals surface area contributed by atoms with Crippen LogP contribution in [0.1, 0.15) is 17.2 Å². The zero-order chi connectivity index (χ0) is 13.8. The SMILES string of the molecule is [CH2]C(OCc1ccc(Cl)cc1)c1ccc(Cl)cc1Cl. The molecule has 0 amide bonds. The molecule has 2 aromatic rings. The quantitative estimate of drug-likeness (QED) is 0.699. The Morgan fingerprint density at radius 1 is 0.947 bits per heavy atom. The van der Waals surface area contributed by atoms with Crippen molar-refractivity contribution in [2.24, 2.45) is 0 Å². The maximum absolute atomic E-state index is 6.11. The van der Waals surface area contributed by atoms with Gasteiger partial charge in [0.05, 0.1) is 12.7 Å². The van der Waals surface area contributed by atoms with Crippen LogP contribution >= 0.6 is 34.8 Å². The van der Waals surface area contributed by atoms with Gasteiger partial charge in [-0.15, -0.1) is 0 Å². The number of hydrogen-bond donors (Lipinski definition) is 0. The van der Waals surface area contributed by atoms with Gasteiger partial charge in [0, 0.05) is 15.1 Å². The monoisotopic (exact) mass is 313 g/mol. The molecule has 99 valence electrons. The molecule has 1 nitrogen and oxygen atoms in total. The molecule has 0 saturated heterocycles. The van der Waals surface area contributed by atoms with Crippen molar-refractivity contribution in [3.8, 4) is 0 Å². The first-order valence-corrected chi connectivity index (χ1v) is 6.84. The number of rotatable bonds is 4. The second kappa shape index (κ2) is 6.62. The first-order chi connectivity index (χ1) is 9.06. The van der Waals surface area contributed by atoms with Crippen LogP contribution in [0.2, 0.25) is 15.1 Å². The highest BCUT2D eigenvalue weighted by Gasteiger charge is 2.10. The van der Waals surface area contributed by atoms with E-state index in [1.54, 1.807) is 12.1 Å². The Morgan fingerprint density at radius 2 is 1.58 bits per heavy atom. The van der Waals surface area contributed by atoms with Gasteiger partial charge >= 0.3 is 0 Å². The van der Waals surface area contributed by atoms with Crippen LogP contribution < -0.4 is 0 Å². The number of halogens is 3. The van der Waals surface area contributed by atoms with Gasteiger partial charge in [-0.05, 0) is 42.3 Å². The van der Waals surface area contributed by atoms with Crippen LogP contribution in [0.5, 0.6) is 0 Å². The third-order valence-electron chi connectivity index (χ3n) is 2.67. The van der Waals surface area contributed by atoms with E-state index < -0.39 is 0 Å². The summed E-state index contributed by atoms with van der Waals surface area (Å²) >= 11 is 17.8. The highest BCUT2D eigenvalue weighted by Crippen LogP contribution is 2.28. The van der Waals surface area contributed by atoms with Crippen LogP contribution in [0.25, 0.3) is 0 Å². The summed E-state index contributed by atoms with van der Waals surface area (Å²) in [7, 11) is 0. The Bertz CT molecular complexity index is 552. The molecule has 1 radical (unpaired) electrons. The molecule has 2 rings (SSSR count). The molecule has 0 aromatic heterocycles. The molecular weight excluding hydrogens is 303 g/mol. The van der Waals surface area contributed by atoms with Gasteiger partial charge in [-0.1, -0.05) is 53.0 Å². The predicted octanol–water partition coefficient (Wildman–Crippen LogP) is 5.74. The third kappa shape index (κ3) is 4.12. The van der Waals surface area contributed by atoms with Crippen LogP contribution in [0, 0.1) is 6.92 Å². The second-order valence-electron chi connectivity index (χ2n) is 4.09. The average molecular weight is 315 g/mol. The topological polar surface area (TPSA) is 9.23 Å². The summed E-state index contributed by atoms with van der Waals surface area (Å²) in [6, 6.07) is 12.8. The molecule has 0 saturated carbocycles. The van der Waals surface area contributed by atoms with Crippen molar-refractivity contribution < 1.29 is 4.74 Å². The van der Waals surface area contributed by atoms with Crippen molar-refractivity contribution in [2.45, 2.75) is 12.7 Å². The molecule has 2 aromatic carbocycles. The van der Waals surface area contributed by atoms with Gasteiger partial charge < -0.3 is 4.74 Å². The van der Waals surface area contributed by atoms with E-state index in [0.717, 1.165) is 11.1 Å². The van der Waals surface area contributed by atoms with Gasteiger partial charge in [-0.3, -0.25) is 0 Å². The summed E-state index contributed by atoms with van der Waals surface area (Å²) in [6.45, 7) is 4.40. The molecule has 19 heavy (non-hydrogen) atoms. The van der Waals surface area contributed by atoms with Crippen molar-refractivity contribution in [1.29, 1.82) is 0 Å². The van der Waals surface area contributed by atoms with Crippen LogP contribution in [0.4, 0.5) is 0 Å². The van der Waals surface area contributed by atoms with Crippen molar-refractivity contribution in [3.63, 3.8) is 0 Å². The lowest BCUT2D eigenvalue weighted by Crippen LogP contribution is -2.01. The van der Waals surface area contributed by atoms with E-state index in [0.29, 0.717) is 21.7 Å². The van der Waals surface area contributed by atoms with Crippen molar-refractivity contribution in [1.82, 2.24) is 0 Å². The van der Waals surface area contributed by atoms with Crippen LogP contribution in [0.15, 0.2) is 42.5 Å². The van der Waals surface area contributed by atoms with E-state index >= 15 is 0 Å². The normalized spacial score (nSPS) is 12.4. The Hall–Kier alpha value is -0.730. The number of hydrogen-bond acceptors (Lipinski definition) is 1. The smallest absolute Gasteiger partial charge is 0.0845 e. The predicted molar refractivity (Wildman–Crippen MR) is 80.8 cm³/mol. The van der Waals surface area contributed by atoms with Crippen LogP contribution in [0.3, 0.4) is 0 Å². The van der Waals surface area contributed by atoms with E-state index in [-0.39, 0.29) is 6.10 Å². The highest BCUT2D eigenvalue weighted by molar-refractivity contribution is 6.35. The fraction of sp³-hybridized carbons (Fsp3) is 0.133. The van der Waals surface area contributed by atoms with Gasteiger partial charge in [0.1, 0.15) is 0 Å². The van der Waals surface area contributed by atoms with E-state index in [1.807, 2.05) is 30.3 Å². The first-order valence-electron chi connectivity index (χ1n) is 5.70. The summed E-state index contributed by atoms with van der Waals surface area (Å²) in [4.78, 5) is 0. The molecule has 4 heteroatoms. The minimum atomic E-state index is -0.347. The lowest BCUT2D eigenvalue weighted by Gasteiger charge is -2.15. The highest BCUT2D eigenvalue weighted by atomic mass is 35.5. The molecule has 0 aliphatic heterocycles.